The number of aromatic nitrogens is 5. The van der Waals surface area contributed by atoms with Gasteiger partial charge in [0.1, 0.15) is 6.33 Å². The molecule has 2 aliphatic heterocycles. The van der Waals surface area contributed by atoms with E-state index in [4.69, 9.17) is 4.74 Å². The van der Waals surface area contributed by atoms with Crippen molar-refractivity contribution in [3.63, 3.8) is 0 Å². The topological polar surface area (TPSA) is 87.5 Å². The van der Waals surface area contributed by atoms with Gasteiger partial charge >= 0.3 is 6.18 Å². The number of morpholine rings is 1. The number of anilines is 4. The molecule has 13 heteroatoms. The molecule has 2 aromatic carbocycles. The molecule has 42 heavy (non-hydrogen) atoms. The summed E-state index contributed by atoms with van der Waals surface area (Å²) in [5.41, 5.74) is 1.12. The van der Waals surface area contributed by atoms with Crippen LogP contribution in [0.3, 0.4) is 0 Å². The standard InChI is InChI=1S/C29H32F3N9O/c1-2-38-12-14-40(15-13-38)28-34-20-41(37-28)22-8-6-21(7-9-22)35-27-33-11-10-24(36-27)23-4-3-5-25(26(23)29(30,31)32)39-16-18-42-19-17-39/h3-11,20H,2,12-19H2,1H3,(H,33,35,36). The third kappa shape index (κ3) is 6.02. The van der Waals surface area contributed by atoms with Gasteiger partial charge in [-0.3, -0.25) is 0 Å². The highest BCUT2D eigenvalue weighted by Crippen LogP contribution is 2.43. The lowest BCUT2D eigenvalue weighted by atomic mass is 10.0. The number of benzene rings is 2. The SMILES string of the molecule is CCN1CCN(c2ncn(-c3ccc(Nc4nccc(-c5cccc(N6CCOCC6)c5C(F)(F)F)n4)cc3)n2)CC1. The van der Waals surface area contributed by atoms with Gasteiger partial charge in [0, 0.05) is 62.4 Å². The predicted octanol–water partition coefficient (Wildman–Crippen LogP) is 4.47. The summed E-state index contributed by atoms with van der Waals surface area (Å²) >= 11 is 0. The number of nitrogens with one attached hydrogen (secondary N) is 1. The van der Waals surface area contributed by atoms with Crippen LogP contribution in [0.4, 0.5) is 36.4 Å². The smallest absolute Gasteiger partial charge is 0.378 e. The van der Waals surface area contributed by atoms with Crippen molar-refractivity contribution in [2.45, 2.75) is 13.1 Å². The Balaban J connectivity index is 1.19. The van der Waals surface area contributed by atoms with Gasteiger partial charge in [-0.15, -0.1) is 5.10 Å². The first kappa shape index (κ1) is 27.9. The first-order chi connectivity index (χ1) is 20.4. The van der Waals surface area contributed by atoms with Gasteiger partial charge in [-0.25, -0.2) is 14.6 Å². The van der Waals surface area contributed by atoms with E-state index in [-0.39, 0.29) is 22.9 Å². The zero-order valence-corrected chi connectivity index (χ0v) is 23.3. The van der Waals surface area contributed by atoms with Crippen LogP contribution in [0.15, 0.2) is 61.1 Å². The molecule has 4 aromatic rings. The monoisotopic (exact) mass is 579 g/mol. The molecule has 0 saturated carbocycles. The van der Waals surface area contributed by atoms with Crippen LogP contribution in [0.1, 0.15) is 12.5 Å². The summed E-state index contributed by atoms with van der Waals surface area (Å²) in [4.78, 5) is 19.5. The number of rotatable bonds is 7. The predicted molar refractivity (Wildman–Crippen MR) is 154 cm³/mol. The number of nitrogens with zero attached hydrogens (tertiary/aromatic N) is 8. The quantitative estimate of drug-likeness (QED) is 0.341. The highest BCUT2D eigenvalue weighted by molar-refractivity contribution is 5.74. The zero-order valence-electron chi connectivity index (χ0n) is 23.3. The fourth-order valence-corrected chi connectivity index (χ4v) is 5.30. The van der Waals surface area contributed by atoms with Crippen molar-refractivity contribution >= 4 is 23.3 Å². The molecule has 4 heterocycles. The summed E-state index contributed by atoms with van der Waals surface area (Å²) in [6, 6.07) is 13.5. The van der Waals surface area contributed by atoms with E-state index in [9.17, 15) is 13.2 Å². The molecular formula is C29H32F3N9O. The molecule has 0 unspecified atom stereocenters. The summed E-state index contributed by atoms with van der Waals surface area (Å²) in [5.74, 6) is 0.897. The molecule has 1 N–H and O–H groups in total. The fraction of sp³-hybridized carbons (Fsp3) is 0.379. The Morgan fingerprint density at radius 1 is 0.881 bits per heavy atom. The van der Waals surface area contributed by atoms with Gasteiger partial charge in [-0.1, -0.05) is 19.1 Å². The minimum absolute atomic E-state index is 0.00499. The molecule has 6 rings (SSSR count). The van der Waals surface area contributed by atoms with Crippen LogP contribution in [-0.2, 0) is 10.9 Å². The maximum absolute atomic E-state index is 14.4. The van der Waals surface area contributed by atoms with E-state index in [1.807, 2.05) is 24.3 Å². The molecule has 2 aromatic heterocycles. The normalized spacial score (nSPS) is 16.6. The minimum atomic E-state index is -4.57. The second-order valence-electron chi connectivity index (χ2n) is 10.1. The molecule has 2 saturated heterocycles. The Hall–Kier alpha value is -4.23. The Kier molecular flexibility index (Phi) is 7.94. The van der Waals surface area contributed by atoms with Gasteiger partial charge in [0.2, 0.25) is 11.9 Å². The lowest BCUT2D eigenvalue weighted by Crippen LogP contribution is -2.46. The number of likely N-dealkylation sites (N-methyl/N-ethyl adjacent to an activating group) is 1. The van der Waals surface area contributed by atoms with Crippen molar-refractivity contribution in [2.75, 3.05) is 74.1 Å². The van der Waals surface area contributed by atoms with Crippen molar-refractivity contribution in [1.29, 1.82) is 0 Å². The third-order valence-electron chi connectivity index (χ3n) is 7.58. The number of alkyl halides is 3. The number of hydrogen-bond donors (Lipinski definition) is 1. The first-order valence-electron chi connectivity index (χ1n) is 14.0. The van der Waals surface area contributed by atoms with Gasteiger partial charge in [-0.2, -0.15) is 18.2 Å². The van der Waals surface area contributed by atoms with Crippen molar-refractivity contribution in [3.8, 4) is 16.9 Å². The van der Waals surface area contributed by atoms with E-state index in [0.717, 1.165) is 38.4 Å². The summed E-state index contributed by atoms with van der Waals surface area (Å²) in [6.07, 6.45) is -1.42. The number of hydrogen-bond acceptors (Lipinski definition) is 9. The van der Waals surface area contributed by atoms with Crippen LogP contribution >= 0.6 is 0 Å². The molecule has 0 aliphatic carbocycles. The van der Waals surface area contributed by atoms with Crippen LogP contribution in [0.2, 0.25) is 0 Å². The molecule has 0 radical (unpaired) electrons. The van der Waals surface area contributed by atoms with E-state index < -0.39 is 11.7 Å². The van der Waals surface area contributed by atoms with Crippen molar-refractivity contribution in [3.05, 3.63) is 66.6 Å². The van der Waals surface area contributed by atoms with E-state index >= 15 is 0 Å². The molecular weight excluding hydrogens is 547 g/mol. The molecule has 2 fully saturated rings. The minimum Gasteiger partial charge on any atom is -0.378 e. The van der Waals surface area contributed by atoms with E-state index in [2.05, 4.69) is 42.1 Å². The van der Waals surface area contributed by atoms with Crippen LogP contribution in [0.25, 0.3) is 16.9 Å². The lowest BCUT2D eigenvalue weighted by molar-refractivity contribution is -0.136. The number of ether oxygens (including phenoxy) is 1. The summed E-state index contributed by atoms with van der Waals surface area (Å²) in [7, 11) is 0. The number of halogens is 3. The average molecular weight is 580 g/mol. The lowest BCUT2D eigenvalue weighted by Gasteiger charge is -2.33. The highest BCUT2D eigenvalue weighted by atomic mass is 19.4. The van der Waals surface area contributed by atoms with E-state index in [0.29, 0.717) is 37.9 Å². The van der Waals surface area contributed by atoms with Crippen LogP contribution in [0.5, 0.6) is 0 Å². The van der Waals surface area contributed by atoms with Gasteiger partial charge < -0.3 is 24.8 Å². The molecule has 0 spiro atoms. The second-order valence-corrected chi connectivity index (χ2v) is 10.1. The number of piperazine rings is 1. The maximum Gasteiger partial charge on any atom is 0.419 e. The Bertz CT molecular complexity index is 1490. The fourth-order valence-electron chi connectivity index (χ4n) is 5.30. The first-order valence-corrected chi connectivity index (χ1v) is 14.0. The summed E-state index contributed by atoms with van der Waals surface area (Å²) in [6.45, 7) is 8.53. The zero-order chi connectivity index (χ0) is 29.1. The van der Waals surface area contributed by atoms with Crippen LogP contribution < -0.4 is 15.1 Å². The Labute approximate surface area is 241 Å². The van der Waals surface area contributed by atoms with Crippen molar-refractivity contribution in [1.82, 2.24) is 29.6 Å². The molecule has 0 bridgehead atoms. The van der Waals surface area contributed by atoms with Gasteiger partial charge in [0.05, 0.1) is 30.2 Å². The van der Waals surface area contributed by atoms with Crippen molar-refractivity contribution < 1.29 is 17.9 Å². The molecule has 220 valence electrons. The van der Waals surface area contributed by atoms with E-state index in [1.165, 1.54) is 24.4 Å². The van der Waals surface area contributed by atoms with Gasteiger partial charge in [0.25, 0.3) is 0 Å². The average Bonchev–Trinajstić information content (AvgIpc) is 3.52. The molecule has 0 amide bonds. The Morgan fingerprint density at radius 2 is 1.64 bits per heavy atom. The van der Waals surface area contributed by atoms with Crippen molar-refractivity contribution in [2.24, 2.45) is 0 Å². The molecule has 0 atom stereocenters. The highest BCUT2D eigenvalue weighted by Gasteiger charge is 2.38. The molecule has 10 nitrogen and oxygen atoms in total. The molecule has 2 aliphatic rings. The summed E-state index contributed by atoms with van der Waals surface area (Å²) in [5, 5.41) is 7.76. The Morgan fingerprint density at radius 3 is 2.36 bits per heavy atom. The second kappa shape index (κ2) is 11.9. The van der Waals surface area contributed by atoms with E-state index in [1.54, 1.807) is 22.0 Å². The largest absolute Gasteiger partial charge is 0.419 e. The maximum atomic E-state index is 14.4. The third-order valence-corrected chi connectivity index (χ3v) is 7.58. The summed E-state index contributed by atoms with van der Waals surface area (Å²) < 4.78 is 50.2. The van der Waals surface area contributed by atoms with Gasteiger partial charge in [0.15, 0.2) is 0 Å². The van der Waals surface area contributed by atoms with Crippen LogP contribution in [0, 0.1) is 0 Å². The van der Waals surface area contributed by atoms with Gasteiger partial charge in [-0.05, 0) is 42.9 Å². The van der Waals surface area contributed by atoms with Crippen LogP contribution in [-0.4, -0.2) is 88.7 Å².